The molecule has 0 bridgehead atoms. The summed E-state index contributed by atoms with van der Waals surface area (Å²) in [4.78, 5) is 0. The van der Waals surface area contributed by atoms with Crippen LogP contribution in [0.15, 0.2) is 54.6 Å². The Morgan fingerprint density at radius 2 is 1.32 bits per heavy atom. The van der Waals surface area contributed by atoms with Crippen LogP contribution in [0.3, 0.4) is 0 Å². The zero-order chi connectivity index (χ0) is 13.5. The molecule has 0 spiro atoms. The summed E-state index contributed by atoms with van der Waals surface area (Å²) < 4.78 is 0. The number of aliphatic hydroxyl groups is 1. The summed E-state index contributed by atoms with van der Waals surface area (Å²) in [5, 5.41) is 9.45. The fourth-order valence-electron chi connectivity index (χ4n) is 2.27. The van der Waals surface area contributed by atoms with Gasteiger partial charge in [0.15, 0.2) is 0 Å². The highest BCUT2D eigenvalue weighted by Crippen LogP contribution is 2.14. The number of hydrogen-bond donors (Lipinski definition) is 1. The van der Waals surface area contributed by atoms with E-state index in [0.29, 0.717) is 0 Å². The van der Waals surface area contributed by atoms with E-state index >= 15 is 0 Å². The van der Waals surface area contributed by atoms with Crippen molar-refractivity contribution in [2.24, 2.45) is 0 Å². The van der Waals surface area contributed by atoms with Crippen molar-refractivity contribution in [3.8, 4) is 0 Å². The lowest BCUT2D eigenvalue weighted by Gasteiger charge is -2.06. The minimum Gasteiger partial charge on any atom is -0.389 e. The van der Waals surface area contributed by atoms with E-state index in [4.69, 9.17) is 0 Å². The van der Waals surface area contributed by atoms with Gasteiger partial charge in [0.2, 0.25) is 0 Å². The van der Waals surface area contributed by atoms with Gasteiger partial charge in [0, 0.05) is 0 Å². The monoisotopic (exact) mass is 254 g/mol. The van der Waals surface area contributed by atoms with Crippen molar-refractivity contribution >= 4 is 0 Å². The highest BCUT2D eigenvalue weighted by atomic mass is 16.3. The lowest BCUT2D eigenvalue weighted by Crippen LogP contribution is -1.93. The SMILES string of the molecule is CC(O)c1ccc(CCCCc2ccccc2)cc1. The molecule has 1 atom stereocenters. The summed E-state index contributed by atoms with van der Waals surface area (Å²) >= 11 is 0. The predicted molar refractivity (Wildman–Crippen MR) is 80.2 cm³/mol. The molecular weight excluding hydrogens is 232 g/mol. The first kappa shape index (κ1) is 13.8. The van der Waals surface area contributed by atoms with Crippen LogP contribution in [0.1, 0.15) is 42.6 Å². The Bertz CT molecular complexity index is 471. The molecule has 0 aliphatic rings. The first-order valence-corrected chi connectivity index (χ1v) is 7.06. The normalized spacial score (nSPS) is 12.3. The van der Waals surface area contributed by atoms with Gasteiger partial charge < -0.3 is 5.11 Å². The van der Waals surface area contributed by atoms with E-state index in [1.54, 1.807) is 6.92 Å². The maximum atomic E-state index is 9.45. The standard InChI is InChI=1S/C18H22O/c1-15(19)18-13-11-17(12-14-18)10-6-5-9-16-7-3-2-4-8-16/h2-4,7-8,11-15,19H,5-6,9-10H2,1H3. The summed E-state index contributed by atoms with van der Waals surface area (Å²) in [5.74, 6) is 0. The first-order chi connectivity index (χ1) is 9.25. The Morgan fingerprint density at radius 1 is 0.789 bits per heavy atom. The number of unbranched alkanes of at least 4 members (excludes halogenated alkanes) is 1. The Balaban J connectivity index is 1.74. The van der Waals surface area contributed by atoms with E-state index in [1.807, 2.05) is 12.1 Å². The van der Waals surface area contributed by atoms with Crippen LogP contribution < -0.4 is 0 Å². The molecular formula is C18H22O. The van der Waals surface area contributed by atoms with E-state index < -0.39 is 0 Å². The Hall–Kier alpha value is -1.60. The molecule has 2 aromatic rings. The van der Waals surface area contributed by atoms with Crippen LogP contribution in [-0.4, -0.2) is 5.11 Å². The van der Waals surface area contributed by atoms with Gasteiger partial charge in [0.25, 0.3) is 0 Å². The van der Waals surface area contributed by atoms with Gasteiger partial charge in [-0.15, -0.1) is 0 Å². The zero-order valence-electron chi connectivity index (χ0n) is 11.5. The summed E-state index contributed by atoms with van der Waals surface area (Å²) in [5.41, 5.74) is 3.78. The molecule has 1 heteroatoms. The third-order valence-corrected chi connectivity index (χ3v) is 3.49. The van der Waals surface area contributed by atoms with Crippen LogP contribution in [0.5, 0.6) is 0 Å². The minimum atomic E-state index is -0.368. The van der Waals surface area contributed by atoms with Crippen molar-refractivity contribution in [1.29, 1.82) is 0 Å². The van der Waals surface area contributed by atoms with Crippen molar-refractivity contribution in [3.05, 3.63) is 71.3 Å². The van der Waals surface area contributed by atoms with Crippen molar-refractivity contribution < 1.29 is 5.11 Å². The van der Waals surface area contributed by atoms with Gasteiger partial charge in [-0.1, -0.05) is 54.6 Å². The molecule has 0 aromatic heterocycles. The summed E-state index contributed by atoms with van der Waals surface area (Å²) in [7, 11) is 0. The molecule has 1 unspecified atom stereocenters. The second-order valence-electron chi connectivity index (χ2n) is 5.11. The zero-order valence-corrected chi connectivity index (χ0v) is 11.5. The number of rotatable bonds is 6. The van der Waals surface area contributed by atoms with E-state index in [9.17, 15) is 5.11 Å². The Labute approximate surface area is 115 Å². The molecule has 1 nitrogen and oxygen atoms in total. The van der Waals surface area contributed by atoms with Crippen molar-refractivity contribution in [1.82, 2.24) is 0 Å². The lowest BCUT2D eigenvalue weighted by molar-refractivity contribution is 0.199. The maximum absolute atomic E-state index is 9.45. The number of aliphatic hydroxyl groups excluding tert-OH is 1. The van der Waals surface area contributed by atoms with Gasteiger partial charge >= 0.3 is 0 Å². The Kier molecular flexibility index (Phi) is 5.17. The van der Waals surface area contributed by atoms with Crippen LogP contribution in [0.25, 0.3) is 0 Å². The van der Waals surface area contributed by atoms with E-state index in [1.165, 1.54) is 24.0 Å². The predicted octanol–water partition coefficient (Wildman–Crippen LogP) is 4.31. The summed E-state index contributed by atoms with van der Waals surface area (Å²) in [6, 6.07) is 19.0. The van der Waals surface area contributed by atoms with Gasteiger partial charge in [-0.05, 0) is 49.3 Å². The highest BCUT2D eigenvalue weighted by molar-refractivity contribution is 5.24. The molecule has 0 aliphatic carbocycles. The van der Waals surface area contributed by atoms with Gasteiger partial charge in [-0.25, -0.2) is 0 Å². The summed E-state index contributed by atoms with van der Waals surface area (Å²) in [6.45, 7) is 1.80. The van der Waals surface area contributed by atoms with Crippen molar-refractivity contribution in [2.75, 3.05) is 0 Å². The molecule has 0 amide bonds. The molecule has 2 rings (SSSR count). The quantitative estimate of drug-likeness (QED) is 0.762. The molecule has 0 saturated carbocycles. The topological polar surface area (TPSA) is 20.2 Å². The van der Waals surface area contributed by atoms with Gasteiger partial charge in [0.05, 0.1) is 6.10 Å². The minimum absolute atomic E-state index is 0.368. The second kappa shape index (κ2) is 7.10. The molecule has 2 aromatic carbocycles. The van der Waals surface area contributed by atoms with Crippen LogP contribution in [0.4, 0.5) is 0 Å². The van der Waals surface area contributed by atoms with Crippen LogP contribution >= 0.6 is 0 Å². The smallest absolute Gasteiger partial charge is 0.0761 e. The van der Waals surface area contributed by atoms with Gasteiger partial charge in [-0.3, -0.25) is 0 Å². The van der Waals surface area contributed by atoms with Crippen molar-refractivity contribution in [2.45, 2.75) is 38.7 Å². The number of hydrogen-bond acceptors (Lipinski definition) is 1. The molecule has 0 fully saturated rings. The third-order valence-electron chi connectivity index (χ3n) is 3.49. The van der Waals surface area contributed by atoms with Crippen LogP contribution in [-0.2, 0) is 12.8 Å². The average molecular weight is 254 g/mol. The molecule has 100 valence electrons. The molecule has 0 heterocycles. The van der Waals surface area contributed by atoms with Crippen molar-refractivity contribution in [3.63, 3.8) is 0 Å². The third kappa shape index (κ3) is 4.53. The van der Waals surface area contributed by atoms with E-state index in [-0.39, 0.29) is 6.10 Å². The van der Waals surface area contributed by atoms with Gasteiger partial charge in [-0.2, -0.15) is 0 Å². The molecule has 0 radical (unpaired) electrons. The highest BCUT2D eigenvalue weighted by Gasteiger charge is 2.00. The van der Waals surface area contributed by atoms with Crippen LogP contribution in [0, 0.1) is 0 Å². The largest absolute Gasteiger partial charge is 0.389 e. The Morgan fingerprint density at radius 3 is 1.84 bits per heavy atom. The molecule has 1 N–H and O–H groups in total. The van der Waals surface area contributed by atoms with E-state index in [2.05, 4.69) is 42.5 Å². The van der Waals surface area contributed by atoms with Gasteiger partial charge in [0.1, 0.15) is 0 Å². The average Bonchev–Trinajstić information content (AvgIpc) is 2.45. The second-order valence-corrected chi connectivity index (χ2v) is 5.11. The molecule has 0 aliphatic heterocycles. The fourth-order valence-corrected chi connectivity index (χ4v) is 2.27. The molecule has 0 saturated heterocycles. The first-order valence-electron chi connectivity index (χ1n) is 7.06. The van der Waals surface area contributed by atoms with Crippen LogP contribution in [0.2, 0.25) is 0 Å². The summed E-state index contributed by atoms with van der Waals surface area (Å²) in [6.07, 6.45) is 4.34. The fraction of sp³-hybridized carbons (Fsp3) is 0.333. The maximum Gasteiger partial charge on any atom is 0.0761 e. The van der Waals surface area contributed by atoms with E-state index in [0.717, 1.165) is 18.4 Å². The molecule has 19 heavy (non-hydrogen) atoms. The lowest BCUT2D eigenvalue weighted by atomic mass is 10.0. The number of aryl methyl sites for hydroxylation is 2. The number of benzene rings is 2.